The SMILES string of the molecule is CC(C)(C)OC(=O)N[C@H](CC1CCCCC1)C(=O)N1C[C@@H](n2nncc2C(C)(C)O)C[C@H]1C(=O)NC(CCCCNC(=O)NC1CC1)C(=O)C(N)=O. The highest BCUT2D eigenvalue weighted by Gasteiger charge is 2.45. The molecule has 4 atom stereocenters. The number of unbranched alkanes of at least 4 members (excludes halogenated alkanes) is 1. The lowest BCUT2D eigenvalue weighted by atomic mass is 9.84. The molecular weight excluding hydrogens is 674 g/mol. The average Bonchev–Trinajstić information content (AvgIpc) is 3.52. The Morgan fingerprint density at radius 3 is 2.29 bits per heavy atom. The summed E-state index contributed by atoms with van der Waals surface area (Å²) in [4.78, 5) is 79.9. The summed E-state index contributed by atoms with van der Waals surface area (Å²) < 4.78 is 7.00. The number of nitrogens with two attached hydrogens (primary N) is 1. The lowest BCUT2D eigenvalue weighted by Crippen LogP contribution is -2.56. The molecule has 6 amide bonds. The molecule has 0 aromatic carbocycles. The fraction of sp³-hybridized carbons (Fsp3) is 0.771. The standard InChI is InChI=1S/C35H57N9O8/c1-34(2,3)52-33(50)41-25(17-21-11-7-6-8-12-21)31(48)43-20-23(44-27(19-38-42-44)35(4,5)51)18-26(43)30(47)40-24(28(45)29(36)46)13-9-10-16-37-32(49)39-22-14-15-22/h19,21-26,51H,6-18,20H2,1-5H3,(H2,36,46)(H,40,47)(H,41,50)(H2,37,39,49)/t23-,24?,25+,26-/m0/s1. The molecule has 17 heteroatoms. The van der Waals surface area contributed by atoms with Crippen LogP contribution >= 0.6 is 0 Å². The Bertz CT molecular complexity index is 1440. The van der Waals surface area contributed by atoms with Gasteiger partial charge in [-0.25, -0.2) is 14.3 Å². The molecule has 2 aliphatic carbocycles. The Morgan fingerprint density at radius 2 is 1.67 bits per heavy atom. The molecule has 0 radical (unpaired) electrons. The molecule has 17 nitrogen and oxygen atoms in total. The van der Waals surface area contributed by atoms with Gasteiger partial charge >= 0.3 is 12.1 Å². The van der Waals surface area contributed by atoms with Gasteiger partial charge < -0.3 is 41.7 Å². The Hall–Kier alpha value is -4.28. The molecule has 0 spiro atoms. The van der Waals surface area contributed by atoms with Gasteiger partial charge in [0.15, 0.2) is 0 Å². The van der Waals surface area contributed by atoms with Gasteiger partial charge in [0.25, 0.3) is 5.91 Å². The number of nitrogens with one attached hydrogen (secondary N) is 4. The van der Waals surface area contributed by atoms with E-state index in [0.29, 0.717) is 31.5 Å². The third-order valence-corrected chi connectivity index (χ3v) is 9.69. The van der Waals surface area contributed by atoms with Crippen LogP contribution < -0.4 is 27.0 Å². The van der Waals surface area contributed by atoms with Crippen molar-refractivity contribution in [3.8, 4) is 0 Å². The molecule has 3 aliphatic rings. The Balaban J connectivity index is 1.55. The van der Waals surface area contributed by atoms with Crippen LogP contribution in [0.2, 0.25) is 0 Å². The van der Waals surface area contributed by atoms with E-state index in [9.17, 15) is 33.9 Å². The largest absolute Gasteiger partial charge is 0.444 e. The normalized spacial score (nSPS) is 20.8. The summed E-state index contributed by atoms with van der Waals surface area (Å²) in [6.45, 7) is 8.63. The van der Waals surface area contributed by atoms with Crippen LogP contribution in [-0.2, 0) is 29.5 Å². The molecule has 2 saturated carbocycles. The monoisotopic (exact) mass is 731 g/mol. The van der Waals surface area contributed by atoms with Gasteiger partial charge in [0.2, 0.25) is 17.6 Å². The first-order valence-electron chi connectivity index (χ1n) is 18.5. The third kappa shape index (κ3) is 11.9. The second-order valence-electron chi connectivity index (χ2n) is 15.9. The van der Waals surface area contributed by atoms with E-state index >= 15 is 0 Å². The molecule has 3 fully saturated rings. The third-order valence-electron chi connectivity index (χ3n) is 9.69. The van der Waals surface area contributed by atoms with Crippen molar-refractivity contribution in [3.05, 3.63) is 11.9 Å². The summed E-state index contributed by atoms with van der Waals surface area (Å²) in [5.74, 6) is -3.21. The first-order chi connectivity index (χ1) is 24.4. The van der Waals surface area contributed by atoms with E-state index in [4.69, 9.17) is 10.5 Å². The minimum absolute atomic E-state index is 0.0104. The molecule has 0 bridgehead atoms. The Kier molecular flexibility index (Phi) is 13.6. The number of nitrogens with zero attached hydrogens (tertiary/aromatic N) is 4. The van der Waals surface area contributed by atoms with E-state index in [-0.39, 0.29) is 37.4 Å². The van der Waals surface area contributed by atoms with E-state index in [1.54, 1.807) is 34.6 Å². The Morgan fingerprint density at radius 1 is 0.981 bits per heavy atom. The highest BCUT2D eigenvalue weighted by Crippen LogP contribution is 2.33. The quantitative estimate of drug-likeness (QED) is 0.106. The maximum atomic E-state index is 14.5. The van der Waals surface area contributed by atoms with E-state index in [0.717, 1.165) is 44.9 Å². The summed E-state index contributed by atoms with van der Waals surface area (Å²) in [6.07, 6.45) is 8.81. The number of hydrogen-bond donors (Lipinski definition) is 6. The van der Waals surface area contributed by atoms with Crippen molar-refractivity contribution < 1.29 is 38.6 Å². The van der Waals surface area contributed by atoms with Gasteiger partial charge in [0.1, 0.15) is 23.3 Å². The number of alkyl carbamates (subject to hydrolysis) is 1. The van der Waals surface area contributed by atoms with Crippen molar-refractivity contribution in [2.24, 2.45) is 11.7 Å². The summed E-state index contributed by atoms with van der Waals surface area (Å²) in [5, 5.41) is 30.0. The number of aliphatic hydroxyl groups is 1. The van der Waals surface area contributed by atoms with Gasteiger partial charge in [-0.05, 0) is 79.1 Å². The number of Topliss-reactive ketones (excluding diaryl/α,β-unsaturated/α-hetero) is 1. The zero-order chi connectivity index (χ0) is 38.2. The van der Waals surface area contributed by atoms with Crippen molar-refractivity contribution >= 4 is 35.6 Å². The summed E-state index contributed by atoms with van der Waals surface area (Å²) in [7, 11) is 0. The molecule has 52 heavy (non-hydrogen) atoms. The van der Waals surface area contributed by atoms with E-state index in [1.165, 1.54) is 15.8 Å². The number of amides is 6. The highest BCUT2D eigenvalue weighted by atomic mass is 16.6. The molecule has 1 unspecified atom stereocenters. The molecule has 290 valence electrons. The topological polar surface area (TPSA) is 240 Å². The van der Waals surface area contributed by atoms with Gasteiger partial charge in [-0.1, -0.05) is 37.3 Å². The number of primary amides is 1. The number of urea groups is 1. The molecule has 1 aromatic rings. The number of ether oxygens (including phenoxy) is 1. The van der Waals surface area contributed by atoms with Crippen LogP contribution in [0.4, 0.5) is 9.59 Å². The number of likely N-dealkylation sites (tertiary alicyclic amines) is 1. The van der Waals surface area contributed by atoms with Crippen molar-refractivity contribution in [3.63, 3.8) is 0 Å². The number of hydrogen-bond acceptors (Lipinski definition) is 10. The van der Waals surface area contributed by atoms with Crippen LogP contribution in [0.5, 0.6) is 0 Å². The molecule has 2 heterocycles. The summed E-state index contributed by atoms with van der Waals surface area (Å²) >= 11 is 0. The average molecular weight is 732 g/mol. The van der Waals surface area contributed by atoms with Crippen LogP contribution in [0.15, 0.2) is 6.20 Å². The number of carbonyl (C=O) groups is 6. The molecule has 1 aliphatic heterocycles. The van der Waals surface area contributed by atoms with Gasteiger partial charge in [-0.15, -0.1) is 5.10 Å². The molecule has 4 rings (SSSR count). The van der Waals surface area contributed by atoms with E-state index in [2.05, 4.69) is 31.6 Å². The molecule has 1 aromatic heterocycles. The van der Waals surface area contributed by atoms with Crippen LogP contribution in [0.3, 0.4) is 0 Å². The first kappa shape index (κ1) is 40.5. The number of aromatic nitrogens is 3. The first-order valence-corrected chi connectivity index (χ1v) is 18.5. The van der Waals surface area contributed by atoms with Gasteiger partial charge in [0, 0.05) is 25.6 Å². The number of rotatable bonds is 16. The number of ketones is 1. The zero-order valence-electron chi connectivity index (χ0n) is 31.1. The highest BCUT2D eigenvalue weighted by molar-refractivity contribution is 6.37. The number of carbonyl (C=O) groups excluding carboxylic acids is 6. The fourth-order valence-electron chi connectivity index (χ4n) is 6.91. The molecular formula is C35H57N9O8. The predicted octanol–water partition coefficient (Wildman–Crippen LogP) is 1.68. The van der Waals surface area contributed by atoms with E-state index in [1.807, 2.05) is 0 Å². The minimum atomic E-state index is -1.34. The van der Waals surface area contributed by atoms with Crippen molar-refractivity contribution in [1.82, 2.24) is 41.2 Å². The van der Waals surface area contributed by atoms with Gasteiger partial charge in [-0.2, -0.15) is 0 Å². The maximum absolute atomic E-state index is 14.5. The van der Waals surface area contributed by atoms with Crippen LogP contribution in [0.1, 0.15) is 123 Å². The smallest absolute Gasteiger partial charge is 0.408 e. The summed E-state index contributed by atoms with van der Waals surface area (Å²) in [6, 6.07) is -4.08. The van der Waals surface area contributed by atoms with Crippen molar-refractivity contribution in [2.45, 2.75) is 153 Å². The van der Waals surface area contributed by atoms with Gasteiger partial charge in [-0.3, -0.25) is 19.2 Å². The molecule has 7 N–H and O–H groups in total. The van der Waals surface area contributed by atoms with Crippen molar-refractivity contribution in [2.75, 3.05) is 13.1 Å². The van der Waals surface area contributed by atoms with Crippen LogP contribution in [0.25, 0.3) is 0 Å². The fourth-order valence-corrected chi connectivity index (χ4v) is 6.91. The zero-order valence-corrected chi connectivity index (χ0v) is 31.1. The van der Waals surface area contributed by atoms with Crippen molar-refractivity contribution in [1.29, 1.82) is 0 Å². The van der Waals surface area contributed by atoms with E-state index < -0.39 is 65.0 Å². The van der Waals surface area contributed by atoms with Crippen LogP contribution in [-0.4, -0.2) is 103 Å². The molecule has 1 saturated heterocycles. The predicted molar refractivity (Wildman–Crippen MR) is 188 cm³/mol. The summed E-state index contributed by atoms with van der Waals surface area (Å²) in [5.41, 5.74) is 3.58. The Labute approximate surface area is 304 Å². The maximum Gasteiger partial charge on any atom is 0.408 e. The second-order valence-corrected chi connectivity index (χ2v) is 15.9. The lowest BCUT2D eigenvalue weighted by Gasteiger charge is -2.32. The minimum Gasteiger partial charge on any atom is -0.444 e. The van der Waals surface area contributed by atoms with Gasteiger partial charge in [0.05, 0.1) is 24.0 Å². The second kappa shape index (κ2) is 17.5. The van der Waals surface area contributed by atoms with Crippen LogP contribution in [0, 0.1) is 5.92 Å². The lowest BCUT2D eigenvalue weighted by molar-refractivity contribution is -0.142.